The van der Waals surface area contributed by atoms with E-state index in [0.717, 1.165) is 11.3 Å². The summed E-state index contributed by atoms with van der Waals surface area (Å²) in [6.07, 6.45) is 0. The standard InChI is InChI=1S/C19H13Cl2NO/c20-16-12-7-13-17(21)18(16)23-19(14-8-3-1-4-9-14)22-15-10-5-2-6-11-15/h1-13H. The molecule has 0 bridgehead atoms. The molecule has 114 valence electrons. The zero-order valence-electron chi connectivity index (χ0n) is 12.1. The summed E-state index contributed by atoms with van der Waals surface area (Å²) in [6.45, 7) is 0. The first-order valence-electron chi connectivity index (χ1n) is 7.05. The van der Waals surface area contributed by atoms with E-state index in [4.69, 9.17) is 27.9 Å². The highest BCUT2D eigenvalue weighted by Gasteiger charge is 2.12. The molecule has 0 fully saturated rings. The number of halogens is 2. The van der Waals surface area contributed by atoms with Gasteiger partial charge in [0.05, 0.1) is 15.7 Å². The van der Waals surface area contributed by atoms with Crippen LogP contribution < -0.4 is 4.74 Å². The van der Waals surface area contributed by atoms with Crippen molar-refractivity contribution >= 4 is 34.8 Å². The molecule has 2 nitrogen and oxygen atoms in total. The summed E-state index contributed by atoms with van der Waals surface area (Å²) in [5.74, 6) is 0.834. The van der Waals surface area contributed by atoms with E-state index in [0.29, 0.717) is 21.7 Å². The van der Waals surface area contributed by atoms with Crippen molar-refractivity contribution in [1.82, 2.24) is 0 Å². The molecular weight excluding hydrogens is 329 g/mol. The normalized spacial score (nSPS) is 11.3. The van der Waals surface area contributed by atoms with Crippen LogP contribution in [0.1, 0.15) is 5.56 Å². The van der Waals surface area contributed by atoms with Crippen LogP contribution in [0, 0.1) is 0 Å². The molecular formula is C19H13Cl2NO. The molecule has 0 heterocycles. The second-order valence-electron chi connectivity index (χ2n) is 4.77. The van der Waals surface area contributed by atoms with Gasteiger partial charge >= 0.3 is 0 Å². The van der Waals surface area contributed by atoms with Crippen LogP contribution in [-0.2, 0) is 0 Å². The number of benzene rings is 3. The van der Waals surface area contributed by atoms with Crippen molar-refractivity contribution in [2.24, 2.45) is 4.99 Å². The molecule has 0 N–H and O–H groups in total. The Hall–Kier alpha value is -2.29. The van der Waals surface area contributed by atoms with Crippen LogP contribution in [0.25, 0.3) is 0 Å². The lowest BCUT2D eigenvalue weighted by Crippen LogP contribution is -2.10. The Balaban J connectivity index is 2.05. The predicted octanol–water partition coefficient (Wildman–Crippen LogP) is 6.15. The number of para-hydroxylation sites is 2. The van der Waals surface area contributed by atoms with Gasteiger partial charge in [0, 0.05) is 5.56 Å². The van der Waals surface area contributed by atoms with Crippen molar-refractivity contribution in [3.8, 4) is 5.75 Å². The van der Waals surface area contributed by atoms with Gasteiger partial charge in [-0.25, -0.2) is 4.99 Å². The number of hydrogen-bond donors (Lipinski definition) is 0. The molecule has 3 aromatic carbocycles. The van der Waals surface area contributed by atoms with E-state index in [9.17, 15) is 0 Å². The zero-order chi connectivity index (χ0) is 16.1. The fraction of sp³-hybridized carbons (Fsp3) is 0. The third-order valence-electron chi connectivity index (χ3n) is 3.13. The van der Waals surface area contributed by atoms with Crippen molar-refractivity contribution < 1.29 is 4.74 Å². The minimum Gasteiger partial charge on any atom is -0.435 e. The van der Waals surface area contributed by atoms with Gasteiger partial charge in [0.1, 0.15) is 0 Å². The first-order chi connectivity index (χ1) is 11.2. The highest BCUT2D eigenvalue weighted by molar-refractivity contribution is 6.37. The minimum absolute atomic E-state index is 0.398. The minimum atomic E-state index is 0.398. The fourth-order valence-corrected chi connectivity index (χ4v) is 2.50. The van der Waals surface area contributed by atoms with Crippen LogP contribution in [-0.4, -0.2) is 5.90 Å². The molecule has 23 heavy (non-hydrogen) atoms. The topological polar surface area (TPSA) is 21.6 Å². The fourth-order valence-electron chi connectivity index (χ4n) is 2.02. The van der Waals surface area contributed by atoms with Gasteiger partial charge in [-0.05, 0) is 36.4 Å². The molecule has 0 spiro atoms. The molecule has 0 radical (unpaired) electrons. The van der Waals surface area contributed by atoms with Gasteiger partial charge in [0.2, 0.25) is 5.90 Å². The lowest BCUT2D eigenvalue weighted by molar-refractivity contribution is 0.553. The maximum Gasteiger partial charge on any atom is 0.227 e. The van der Waals surface area contributed by atoms with E-state index in [1.807, 2.05) is 60.7 Å². The number of aliphatic imine (C=N–C) groups is 1. The van der Waals surface area contributed by atoms with Crippen LogP contribution in [0.2, 0.25) is 10.0 Å². The van der Waals surface area contributed by atoms with E-state index < -0.39 is 0 Å². The molecule has 0 aliphatic carbocycles. The van der Waals surface area contributed by atoms with E-state index in [1.165, 1.54) is 0 Å². The van der Waals surface area contributed by atoms with Gasteiger partial charge in [0.25, 0.3) is 0 Å². The molecule has 0 atom stereocenters. The Kier molecular flexibility index (Phi) is 4.96. The van der Waals surface area contributed by atoms with Gasteiger partial charge < -0.3 is 4.74 Å². The molecule has 4 heteroatoms. The zero-order valence-corrected chi connectivity index (χ0v) is 13.6. The molecule has 0 saturated heterocycles. The first-order valence-corrected chi connectivity index (χ1v) is 7.80. The predicted molar refractivity (Wildman–Crippen MR) is 96.2 cm³/mol. The van der Waals surface area contributed by atoms with Gasteiger partial charge in [-0.2, -0.15) is 0 Å². The lowest BCUT2D eigenvalue weighted by Gasteiger charge is -2.12. The molecule has 0 aromatic heterocycles. The average Bonchev–Trinajstić information content (AvgIpc) is 2.59. The van der Waals surface area contributed by atoms with Crippen molar-refractivity contribution in [2.75, 3.05) is 0 Å². The van der Waals surface area contributed by atoms with Crippen molar-refractivity contribution in [3.63, 3.8) is 0 Å². The van der Waals surface area contributed by atoms with Gasteiger partial charge in [0.15, 0.2) is 5.75 Å². The highest BCUT2D eigenvalue weighted by Crippen LogP contribution is 2.33. The van der Waals surface area contributed by atoms with Crippen molar-refractivity contribution in [3.05, 3.63) is 94.5 Å². The van der Waals surface area contributed by atoms with E-state index in [1.54, 1.807) is 18.2 Å². The maximum absolute atomic E-state index is 6.20. The first kappa shape index (κ1) is 15.6. The Bertz CT molecular complexity index is 797. The van der Waals surface area contributed by atoms with Crippen LogP contribution in [0.4, 0.5) is 5.69 Å². The second kappa shape index (κ2) is 7.32. The third kappa shape index (κ3) is 3.92. The molecule has 3 aromatic rings. The molecule has 0 saturated carbocycles. The molecule has 0 aliphatic heterocycles. The molecule has 3 rings (SSSR count). The Morgan fingerprint density at radius 2 is 1.26 bits per heavy atom. The Morgan fingerprint density at radius 3 is 1.87 bits per heavy atom. The van der Waals surface area contributed by atoms with E-state index in [2.05, 4.69) is 4.99 Å². The van der Waals surface area contributed by atoms with Crippen LogP contribution in [0.15, 0.2) is 83.9 Å². The highest BCUT2D eigenvalue weighted by atomic mass is 35.5. The Labute approximate surface area is 145 Å². The van der Waals surface area contributed by atoms with Gasteiger partial charge in [-0.3, -0.25) is 0 Å². The van der Waals surface area contributed by atoms with E-state index in [-0.39, 0.29) is 0 Å². The SMILES string of the molecule is Clc1cccc(Cl)c1OC(=Nc1ccccc1)c1ccccc1. The summed E-state index contributed by atoms with van der Waals surface area (Å²) < 4.78 is 5.95. The summed E-state index contributed by atoms with van der Waals surface area (Å²) in [7, 11) is 0. The van der Waals surface area contributed by atoms with Crippen molar-refractivity contribution in [2.45, 2.75) is 0 Å². The van der Waals surface area contributed by atoms with E-state index >= 15 is 0 Å². The molecule has 0 unspecified atom stereocenters. The van der Waals surface area contributed by atoms with Crippen LogP contribution in [0.5, 0.6) is 5.75 Å². The molecule has 0 amide bonds. The Morgan fingerprint density at radius 1 is 0.696 bits per heavy atom. The number of nitrogens with zero attached hydrogens (tertiary/aromatic N) is 1. The van der Waals surface area contributed by atoms with Crippen LogP contribution in [0.3, 0.4) is 0 Å². The summed E-state index contributed by atoms with van der Waals surface area (Å²) in [5.41, 5.74) is 1.63. The average molecular weight is 342 g/mol. The monoisotopic (exact) mass is 341 g/mol. The molecule has 0 aliphatic rings. The van der Waals surface area contributed by atoms with Gasteiger partial charge in [-0.15, -0.1) is 0 Å². The summed E-state index contributed by atoms with van der Waals surface area (Å²) in [4.78, 5) is 4.58. The smallest absolute Gasteiger partial charge is 0.227 e. The summed E-state index contributed by atoms with van der Waals surface area (Å²) in [6, 6.07) is 24.4. The summed E-state index contributed by atoms with van der Waals surface area (Å²) >= 11 is 12.4. The number of ether oxygens (including phenoxy) is 1. The maximum atomic E-state index is 6.20. The van der Waals surface area contributed by atoms with Crippen LogP contribution >= 0.6 is 23.2 Å². The largest absolute Gasteiger partial charge is 0.435 e. The second-order valence-corrected chi connectivity index (χ2v) is 5.59. The van der Waals surface area contributed by atoms with Gasteiger partial charge in [-0.1, -0.05) is 65.7 Å². The number of rotatable bonds is 3. The summed E-state index contributed by atoms with van der Waals surface area (Å²) in [5, 5.41) is 0.878. The number of hydrogen-bond acceptors (Lipinski definition) is 2. The third-order valence-corrected chi connectivity index (χ3v) is 3.72. The van der Waals surface area contributed by atoms with Crippen molar-refractivity contribution in [1.29, 1.82) is 0 Å². The lowest BCUT2D eigenvalue weighted by atomic mass is 10.2. The quantitative estimate of drug-likeness (QED) is 0.413.